The van der Waals surface area contributed by atoms with Gasteiger partial charge in [0.25, 0.3) is 5.91 Å². The van der Waals surface area contributed by atoms with E-state index in [1.807, 2.05) is 42.5 Å². The molecule has 4 rings (SSSR count). The van der Waals surface area contributed by atoms with Crippen LogP contribution in [-0.2, 0) is 4.74 Å². The lowest BCUT2D eigenvalue weighted by Gasteiger charge is -2.28. The predicted molar refractivity (Wildman–Crippen MR) is 106 cm³/mol. The van der Waals surface area contributed by atoms with E-state index in [0.717, 1.165) is 52.2 Å². The van der Waals surface area contributed by atoms with Gasteiger partial charge in [-0.05, 0) is 65.1 Å². The number of anilines is 2. The van der Waals surface area contributed by atoms with Crippen molar-refractivity contribution in [3.05, 3.63) is 51.7 Å². The number of nitrogens with zero attached hydrogens (tertiary/aromatic N) is 2. The summed E-state index contributed by atoms with van der Waals surface area (Å²) in [6.45, 7) is 3.29. The lowest BCUT2D eigenvalue weighted by molar-refractivity contribution is 0.102. The Balaban J connectivity index is 1.51. The molecule has 2 N–H and O–H groups in total. The molecule has 1 aliphatic heterocycles. The molecule has 0 saturated carbocycles. The number of halogens is 1. The second kappa shape index (κ2) is 7.01. The zero-order valence-corrected chi connectivity index (χ0v) is 15.6. The second-order valence-electron chi connectivity index (χ2n) is 5.86. The zero-order chi connectivity index (χ0) is 17.2. The number of aromatic amines is 1. The summed E-state index contributed by atoms with van der Waals surface area (Å²) < 4.78 is 6.44. The SMILES string of the molecule is O=C(Nc1ccc(N2CCOCC2)cc1)c1n[nH]c2ccc(I)cc12. The number of rotatable bonds is 3. The van der Waals surface area contributed by atoms with Crippen molar-refractivity contribution >= 4 is 50.8 Å². The fourth-order valence-corrected chi connectivity index (χ4v) is 3.42. The van der Waals surface area contributed by atoms with Crippen LogP contribution in [0.1, 0.15) is 10.5 Å². The van der Waals surface area contributed by atoms with Gasteiger partial charge in [-0.2, -0.15) is 5.10 Å². The third-order valence-electron chi connectivity index (χ3n) is 4.24. The molecule has 0 bridgehead atoms. The summed E-state index contributed by atoms with van der Waals surface area (Å²) in [6.07, 6.45) is 0. The minimum Gasteiger partial charge on any atom is -0.378 e. The summed E-state index contributed by atoms with van der Waals surface area (Å²) >= 11 is 2.23. The minimum absolute atomic E-state index is 0.215. The fraction of sp³-hybridized carbons (Fsp3) is 0.222. The summed E-state index contributed by atoms with van der Waals surface area (Å²) in [5.41, 5.74) is 3.16. The Labute approximate surface area is 158 Å². The third-order valence-corrected chi connectivity index (χ3v) is 4.91. The molecule has 2 heterocycles. The predicted octanol–water partition coefficient (Wildman–Crippen LogP) is 3.26. The van der Waals surface area contributed by atoms with Gasteiger partial charge in [0.1, 0.15) is 0 Å². The van der Waals surface area contributed by atoms with Crippen LogP contribution in [0.3, 0.4) is 0 Å². The van der Waals surface area contributed by atoms with Gasteiger partial charge in [0.15, 0.2) is 5.69 Å². The summed E-state index contributed by atoms with van der Waals surface area (Å²) in [5.74, 6) is -0.215. The lowest BCUT2D eigenvalue weighted by Crippen LogP contribution is -2.36. The van der Waals surface area contributed by atoms with E-state index in [4.69, 9.17) is 4.74 Å². The van der Waals surface area contributed by atoms with Crippen LogP contribution in [0.5, 0.6) is 0 Å². The number of hydrogen-bond donors (Lipinski definition) is 2. The van der Waals surface area contributed by atoms with Crippen molar-refractivity contribution in [3.63, 3.8) is 0 Å². The highest BCUT2D eigenvalue weighted by atomic mass is 127. The monoisotopic (exact) mass is 448 g/mol. The first-order chi connectivity index (χ1) is 12.2. The molecule has 25 heavy (non-hydrogen) atoms. The number of ether oxygens (including phenoxy) is 1. The van der Waals surface area contributed by atoms with E-state index in [1.54, 1.807) is 0 Å². The van der Waals surface area contributed by atoms with Crippen molar-refractivity contribution in [3.8, 4) is 0 Å². The highest BCUT2D eigenvalue weighted by Gasteiger charge is 2.15. The highest BCUT2D eigenvalue weighted by Crippen LogP contribution is 2.22. The molecule has 0 aliphatic carbocycles. The summed E-state index contributed by atoms with van der Waals surface area (Å²) in [6, 6.07) is 13.7. The third kappa shape index (κ3) is 3.47. The van der Waals surface area contributed by atoms with Gasteiger partial charge in [0, 0.05) is 33.4 Å². The Morgan fingerprint density at radius 1 is 1.16 bits per heavy atom. The van der Waals surface area contributed by atoms with Gasteiger partial charge < -0.3 is 15.0 Å². The second-order valence-corrected chi connectivity index (χ2v) is 7.11. The van der Waals surface area contributed by atoms with Crippen LogP contribution in [0.25, 0.3) is 10.9 Å². The molecule has 128 valence electrons. The van der Waals surface area contributed by atoms with E-state index >= 15 is 0 Å². The zero-order valence-electron chi connectivity index (χ0n) is 13.5. The van der Waals surface area contributed by atoms with Crippen LogP contribution in [0.4, 0.5) is 11.4 Å². The standard InChI is InChI=1S/C18H17IN4O2/c19-12-1-6-16-15(11-12)17(22-21-16)18(24)20-13-2-4-14(5-3-13)23-7-9-25-10-8-23/h1-6,11H,7-10H2,(H,20,24)(H,21,22). The number of aromatic nitrogens is 2. The number of benzene rings is 2. The van der Waals surface area contributed by atoms with Crippen LogP contribution in [0.15, 0.2) is 42.5 Å². The van der Waals surface area contributed by atoms with E-state index < -0.39 is 0 Å². The van der Waals surface area contributed by atoms with Gasteiger partial charge in [-0.25, -0.2) is 0 Å². The molecule has 1 saturated heterocycles. The first-order valence-corrected chi connectivity index (χ1v) is 9.16. The van der Waals surface area contributed by atoms with E-state index in [1.165, 1.54) is 0 Å². The number of nitrogens with one attached hydrogen (secondary N) is 2. The molecule has 3 aromatic rings. The Bertz CT molecular complexity index is 901. The number of hydrogen-bond acceptors (Lipinski definition) is 4. The van der Waals surface area contributed by atoms with Gasteiger partial charge in [0.2, 0.25) is 0 Å². The number of morpholine rings is 1. The molecular weight excluding hydrogens is 431 g/mol. The molecule has 6 nitrogen and oxygen atoms in total. The molecule has 1 amide bonds. The van der Waals surface area contributed by atoms with Gasteiger partial charge in [-0.3, -0.25) is 9.89 Å². The van der Waals surface area contributed by atoms with Gasteiger partial charge >= 0.3 is 0 Å². The van der Waals surface area contributed by atoms with E-state index in [0.29, 0.717) is 5.69 Å². The molecule has 0 unspecified atom stereocenters. The largest absolute Gasteiger partial charge is 0.378 e. The first kappa shape index (κ1) is 16.3. The van der Waals surface area contributed by atoms with Crippen molar-refractivity contribution in [2.45, 2.75) is 0 Å². The van der Waals surface area contributed by atoms with Gasteiger partial charge in [0.05, 0.1) is 18.7 Å². The molecule has 1 aliphatic rings. The average molecular weight is 448 g/mol. The maximum absolute atomic E-state index is 12.6. The van der Waals surface area contributed by atoms with E-state index in [2.05, 4.69) is 43.0 Å². The number of carbonyl (C=O) groups is 1. The van der Waals surface area contributed by atoms with E-state index in [-0.39, 0.29) is 5.91 Å². The van der Waals surface area contributed by atoms with Crippen LogP contribution in [0, 0.1) is 3.57 Å². The van der Waals surface area contributed by atoms with Crippen molar-refractivity contribution < 1.29 is 9.53 Å². The first-order valence-electron chi connectivity index (χ1n) is 8.08. The Morgan fingerprint density at radius 2 is 1.92 bits per heavy atom. The average Bonchev–Trinajstić information content (AvgIpc) is 3.06. The van der Waals surface area contributed by atoms with Crippen LogP contribution < -0.4 is 10.2 Å². The minimum atomic E-state index is -0.215. The maximum Gasteiger partial charge on any atom is 0.276 e. The molecule has 0 atom stereocenters. The number of carbonyl (C=O) groups excluding carboxylic acids is 1. The Kier molecular flexibility index (Phi) is 4.58. The molecule has 0 spiro atoms. The quantitative estimate of drug-likeness (QED) is 0.604. The van der Waals surface area contributed by atoms with Crippen molar-refractivity contribution in [2.24, 2.45) is 0 Å². The molecular formula is C18H17IN4O2. The number of H-pyrrole nitrogens is 1. The Hall–Kier alpha value is -2.13. The fourth-order valence-electron chi connectivity index (χ4n) is 2.93. The van der Waals surface area contributed by atoms with Crippen LogP contribution >= 0.6 is 22.6 Å². The van der Waals surface area contributed by atoms with Crippen molar-refractivity contribution in [2.75, 3.05) is 36.5 Å². The van der Waals surface area contributed by atoms with E-state index in [9.17, 15) is 4.79 Å². The van der Waals surface area contributed by atoms with Gasteiger partial charge in [-0.15, -0.1) is 0 Å². The maximum atomic E-state index is 12.6. The number of amides is 1. The van der Waals surface area contributed by atoms with Crippen molar-refractivity contribution in [1.82, 2.24) is 10.2 Å². The summed E-state index contributed by atoms with van der Waals surface area (Å²) in [4.78, 5) is 14.8. The normalized spacial score (nSPS) is 14.7. The molecule has 7 heteroatoms. The summed E-state index contributed by atoms with van der Waals surface area (Å²) in [5, 5.41) is 10.8. The summed E-state index contributed by atoms with van der Waals surface area (Å²) in [7, 11) is 0. The van der Waals surface area contributed by atoms with Crippen LogP contribution in [-0.4, -0.2) is 42.4 Å². The lowest BCUT2D eigenvalue weighted by atomic mass is 10.2. The molecule has 2 aromatic carbocycles. The topological polar surface area (TPSA) is 70.2 Å². The van der Waals surface area contributed by atoms with Crippen molar-refractivity contribution in [1.29, 1.82) is 0 Å². The molecule has 1 aromatic heterocycles. The van der Waals surface area contributed by atoms with Crippen LogP contribution in [0.2, 0.25) is 0 Å². The van der Waals surface area contributed by atoms with Gasteiger partial charge in [-0.1, -0.05) is 0 Å². The molecule has 1 fully saturated rings. The highest BCUT2D eigenvalue weighted by molar-refractivity contribution is 14.1. The number of fused-ring (bicyclic) bond motifs is 1. The smallest absolute Gasteiger partial charge is 0.276 e. The Morgan fingerprint density at radius 3 is 2.68 bits per heavy atom. The molecule has 0 radical (unpaired) electrons.